The molecule has 1 aromatic carbocycles. The molecule has 3 nitrogen and oxygen atoms in total. The average molecular weight is 354 g/mol. The van der Waals surface area contributed by atoms with Crippen LogP contribution in [0.15, 0.2) is 28.7 Å². The molecule has 21 heavy (non-hydrogen) atoms. The maximum Gasteiger partial charge on any atom is 0.123 e. The summed E-state index contributed by atoms with van der Waals surface area (Å²) >= 11 is 3.59. The van der Waals surface area contributed by atoms with Crippen LogP contribution in [-0.4, -0.2) is 15.3 Å². The number of rotatable bonds is 5. The van der Waals surface area contributed by atoms with Crippen LogP contribution in [-0.2, 0) is 19.4 Å². The minimum Gasteiger partial charge on any atom is -0.325 e. The van der Waals surface area contributed by atoms with E-state index >= 15 is 0 Å². The van der Waals surface area contributed by atoms with Gasteiger partial charge >= 0.3 is 0 Å². The molecular formula is C16H21BrFN3. The molecule has 1 heterocycles. The Kier molecular flexibility index (Phi) is 4.84. The first kappa shape index (κ1) is 16.2. The van der Waals surface area contributed by atoms with Crippen molar-refractivity contribution in [2.45, 2.75) is 45.7 Å². The van der Waals surface area contributed by atoms with Crippen molar-refractivity contribution in [1.82, 2.24) is 9.78 Å². The van der Waals surface area contributed by atoms with Gasteiger partial charge in [0, 0.05) is 18.5 Å². The quantitative estimate of drug-likeness (QED) is 0.891. The van der Waals surface area contributed by atoms with E-state index in [1.54, 1.807) is 12.1 Å². The van der Waals surface area contributed by atoms with Crippen molar-refractivity contribution in [3.8, 4) is 0 Å². The maximum atomic E-state index is 13.3. The highest BCUT2D eigenvalue weighted by molar-refractivity contribution is 9.10. The standard InChI is InChI=1S/C16H21BrFN3/c1-4-21-14(15(17)11(2)20-21)10-16(3,19)9-12-6-5-7-13(18)8-12/h5-8H,4,9-10,19H2,1-3H3. The fraction of sp³-hybridized carbons (Fsp3) is 0.438. The van der Waals surface area contributed by atoms with Crippen LogP contribution in [0.2, 0.25) is 0 Å². The van der Waals surface area contributed by atoms with Gasteiger partial charge in [-0.2, -0.15) is 5.10 Å². The normalized spacial score (nSPS) is 14.2. The monoisotopic (exact) mass is 353 g/mol. The van der Waals surface area contributed by atoms with E-state index in [1.165, 1.54) is 6.07 Å². The molecular weight excluding hydrogens is 333 g/mol. The van der Waals surface area contributed by atoms with Crippen LogP contribution in [0.5, 0.6) is 0 Å². The van der Waals surface area contributed by atoms with Gasteiger partial charge in [0.25, 0.3) is 0 Å². The number of hydrogen-bond acceptors (Lipinski definition) is 2. The number of nitrogens with zero attached hydrogens (tertiary/aromatic N) is 2. The Bertz CT molecular complexity index is 634. The highest BCUT2D eigenvalue weighted by atomic mass is 79.9. The molecule has 0 spiro atoms. The summed E-state index contributed by atoms with van der Waals surface area (Å²) in [6.45, 7) is 6.83. The highest BCUT2D eigenvalue weighted by Gasteiger charge is 2.24. The van der Waals surface area contributed by atoms with Gasteiger partial charge in [0.1, 0.15) is 5.82 Å². The Morgan fingerprint density at radius 1 is 1.38 bits per heavy atom. The molecule has 0 amide bonds. The molecule has 2 aromatic rings. The predicted molar refractivity (Wildman–Crippen MR) is 86.7 cm³/mol. The van der Waals surface area contributed by atoms with Gasteiger partial charge in [-0.3, -0.25) is 4.68 Å². The van der Waals surface area contributed by atoms with E-state index in [4.69, 9.17) is 5.73 Å². The zero-order valence-corrected chi connectivity index (χ0v) is 14.2. The van der Waals surface area contributed by atoms with Crippen molar-refractivity contribution in [2.24, 2.45) is 5.73 Å². The lowest BCUT2D eigenvalue weighted by Crippen LogP contribution is -2.41. The Morgan fingerprint density at radius 2 is 2.10 bits per heavy atom. The van der Waals surface area contributed by atoms with E-state index < -0.39 is 5.54 Å². The van der Waals surface area contributed by atoms with E-state index in [-0.39, 0.29) is 5.82 Å². The lowest BCUT2D eigenvalue weighted by molar-refractivity contribution is 0.440. The van der Waals surface area contributed by atoms with Gasteiger partial charge in [0.05, 0.1) is 15.9 Å². The summed E-state index contributed by atoms with van der Waals surface area (Å²) < 4.78 is 16.3. The molecule has 1 atom stereocenters. The molecule has 5 heteroatoms. The van der Waals surface area contributed by atoms with Crippen molar-refractivity contribution in [3.63, 3.8) is 0 Å². The molecule has 0 radical (unpaired) electrons. The summed E-state index contributed by atoms with van der Waals surface area (Å²) in [4.78, 5) is 0. The van der Waals surface area contributed by atoms with Crippen molar-refractivity contribution in [1.29, 1.82) is 0 Å². The third-order valence-corrected chi connectivity index (χ3v) is 4.55. The van der Waals surface area contributed by atoms with E-state index in [2.05, 4.69) is 28.0 Å². The molecule has 0 bridgehead atoms. The smallest absolute Gasteiger partial charge is 0.123 e. The third kappa shape index (κ3) is 3.92. The van der Waals surface area contributed by atoms with Crippen LogP contribution in [0, 0.1) is 12.7 Å². The van der Waals surface area contributed by atoms with Gasteiger partial charge in [0.15, 0.2) is 0 Å². The summed E-state index contributed by atoms with van der Waals surface area (Å²) in [7, 11) is 0. The Morgan fingerprint density at radius 3 is 2.71 bits per heavy atom. The Hall–Kier alpha value is -1.20. The second kappa shape index (κ2) is 6.28. The van der Waals surface area contributed by atoms with Gasteiger partial charge in [0.2, 0.25) is 0 Å². The van der Waals surface area contributed by atoms with Crippen LogP contribution in [0.25, 0.3) is 0 Å². The van der Waals surface area contributed by atoms with Gasteiger partial charge in [-0.05, 0) is 60.8 Å². The first-order valence-corrected chi connectivity index (χ1v) is 7.87. The van der Waals surface area contributed by atoms with Gasteiger partial charge in [-0.1, -0.05) is 12.1 Å². The SMILES string of the molecule is CCn1nc(C)c(Br)c1CC(C)(N)Cc1cccc(F)c1. The van der Waals surface area contributed by atoms with Gasteiger partial charge < -0.3 is 5.73 Å². The summed E-state index contributed by atoms with van der Waals surface area (Å²) in [5.74, 6) is -0.223. The molecule has 2 N–H and O–H groups in total. The fourth-order valence-electron chi connectivity index (χ4n) is 2.60. The van der Waals surface area contributed by atoms with Crippen LogP contribution in [0.4, 0.5) is 4.39 Å². The van der Waals surface area contributed by atoms with Crippen LogP contribution < -0.4 is 5.73 Å². The Balaban J connectivity index is 2.21. The fourth-order valence-corrected chi connectivity index (χ4v) is 3.02. The van der Waals surface area contributed by atoms with Crippen molar-refractivity contribution >= 4 is 15.9 Å². The van der Waals surface area contributed by atoms with Crippen molar-refractivity contribution < 1.29 is 4.39 Å². The summed E-state index contributed by atoms with van der Waals surface area (Å²) in [6.07, 6.45) is 1.30. The molecule has 0 saturated carbocycles. The summed E-state index contributed by atoms with van der Waals surface area (Å²) in [5.41, 5.74) is 8.96. The molecule has 0 aliphatic carbocycles. The van der Waals surface area contributed by atoms with Gasteiger partial charge in [-0.15, -0.1) is 0 Å². The van der Waals surface area contributed by atoms with Crippen molar-refractivity contribution in [2.75, 3.05) is 0 Å². The van der Waals surface area contributed by atoms with E-state index in [0.29, 0.717) is 12.8 Å². The second-order valence-electron chi connectivity index (χ2n) is 5.80. The molecule has 1 unspecified atom stereocenters. The number of nitrogens with two attached hydrogens (primary N) is 1. The third-order valence-electron chi connectivity index (χ3n) is 3.52. The number of aryl methyl sites for hydroxylation is 2. The molecule has 0 aliphatic rings. The lowest BCUT2D eigenvalue weighted by Gasteiger charge is -2.25. The molecule has 0 fully saturated rings. The first-order chi connectivity index (χ1) is 9.82. The van der Waals surface area contributed by atoms with E-state index in [1.807, 2.05) is 24.6 Å². The lowest BCUT2D eigenvalue weighted by atomic mass is 9.89. The topological polar surface area (TPSA) is 43.8 Å². The number of halogens is 2. The van der Waals surface area contributed by atoms with E-state index in [9.17, 15) is 4.39 Å². The molecule has 1 aromatic heterocycles. The van der Waals surface area contributed by atoms with Crippen LogP contribution >= 0.6 is 15.9 Å². The summed E-state index contributed by atoms with van der Waals surface area (Å²) in [6, 6.07) is 6.62. The average Bonchev–Trinajstić information content (AvgIpc) is 2.65. The predicted octanol–water partition coefficient (Wildman–Crippen LogP) is 3.62. The van der Waals surface area contributed by atoms with Crippen LogP contribution in [0.1, 0.15) is 30.8 Å². The largest absolute Gasteiger partial charge is 0.325 e. The number of hydrogen-bond donors (Lipinski definition) is 1. The Labute approximate surface area is 133 Å². The highest BCUT2D eigenvalue weighted by Crippen LogP contribution is 2.26. The zero-order chi connectivity index (χ0) is 15.6. The number of benzene rings is 1. The second-order valence-corrected chi connectivity index (χ2v) is 6.59. The van der Waals surface area contributed by atoms with E-state index in [0.717, 1.165) is 28.0 Å². The molecule has 114 valence electrons. The maximum absolute atomic E-state index is 13.3. The van der Waals surface area contributed by atoms with Crippen molar-refractivity contribution in [3.05, 3.63) is 51.5 Å². The first-order valence-electron chi connectivity index (χ1n) is 7.07. The minimum absolute atomic E-state index is 0.223. The van der Waals surface area contributed by atoms with Crippen LogP contribution in [0.3, 0.4) is 0 Å². The molecule has 0 saturated heterocycles. The van der Waals surface area contributed by atoms with Gasteiger partial charge in [-0.25, -0.2) is 4.39 Å². The zero-order valence-electron chi connectivity index (χ0n) is 12.7. The summed E-state index contributed by atoms with van der Waals surface area (Å²) in [5, 5.41) is 4.49. The molecule has 2 rings (SSSR count). The molecule has 0 aliphatic heterocycles. The minimum atomic E-state index is -0.463. The number of aromatic nitrogens is 2.